The maximum Gasteiger partial charge on any atom is 0.152 e. The molecule has 1 aromatic rings. The smallest absolute Gasteiger partial charge is 0.152 e. The van der Waals surface area contributed by atoms with Gasteiger partial charge in [0.2, 0.25) is 0 Å². The fraction of sp³-hybridized carbons (Fsp3) is 0.308. The molecule has 0 fully saturated rings. The van der Waals surface area contributed by atoms with Gasteiger partial charge in [-0.25, -0.2) is 4.39 Å². The Labute approximate surface area is 196 Å². The molecule has 2 heterocycles. The van der Waals surface area contributed by atoms with Crippen LogP contribution in [-0.2, 0) is 11.2 Å². The fourth-order valence-electron chi connectivity index (χ4n) is 3.40. The standard InChI is InChI=1S/C17H21N2PS.C9H11FO/c1-3-5-15(18)7-4-6-14-8-9-17(21-13(14)2)10-16-11-19-12-20-16;1-6-3-7(2)8(5-11)9(10)4-6/h3-7,9,11-12,20H,8,10,18H2,1-2H3;3,5-6H,4H2,1-2H3/b5-3-,6-4+,15-7+;. The maximum absolute atomic E-state index is 13.0. The average Bonchev–Trinajstić information content (AvgIpc) is 3.23. The van der Waals surface area contributed by atoms with Gasteiger partial charge < -0.3 is 5.73 Å². The van der Waals surface area contributed by atoms with E-state index in [9.17, 15) is 9.18 Å². The third kappa shape index (κ3) is 8.29. The SMILES string of the molecule is CC1=CC(C)CC(F)=C1C=O.C\C=C/C(N)=C\C=C\C1=C(C)SC(Cc2cnc[pH]2)=CC1. The Morgan fingerprint density at radius 2 is 2.19 bits per heavy atom. The number of thioether (sulfide) groups is 1. The Morgan fingerprint density at radius 1 is 1.41 bits per heavy atom. The molecule has 2 unspecified atom stereocenters. The van der Waals surface area contributed by atoms with Gasteiger partial charge in [-0.1, -0.05) is 49.1 Å². The average molecular weight is 471 g/mol. The summed E-state index contributed by atoms with van der Waals surface area (Å²) in [6, 6.07) is 0. The van der Waals surface area contributed by atoms with Gasteiger partial charge in [-0.3, -0.25) is 9.78 Å². The zero-order chi connectivity index (χ0) is 23.5. The number of rotatable bonds is 6. The molecule has 1 aromatic heterocycles. The number of nitrogens with zero attached hydrogens (tertiary/aromatic N) is 1. The van der Waals surface area contributed by atoms with Crippen LogP contribution < -0.4 is 5.73 Å². The van der Waals surface area contributed by atoms with Crippen molar-refractivity contribution >= 4 is 26.2 Å². The first kappa shape index (κ1) is 25.9. The quantitative estimate of drug-likeness (QED) is 0.350. The van der Waals surface area contributed by atoms with E-state index in [1.807, 2.05) is 68.1 Å². The van der Waals surface area contributed by atoms with Gasteiger partial charge in [0.25, 0.3) is 0 Å². The number of nitrogens with two attached hydrogens (primary N) is 1. The van der Waals surface area contributed by atoms with Gasteiger partial charge in [-0.15, -0.1) is 8.19 Å². The Kier molecular flexibility index (Phi) is 10.7. The van der Waals surface area contributed by atoms with Crippen molar-refractivity contribution in [2.75, 3.05) is 0 Å². The number of hydrogen-bond acceptors (Lipinski definition) is 4. The number of allylic oxidation sites excluding steroid dienone is 13. The summed E-state index contributed by atoms with van der Waals surface area (Å²) in [6.45, 7) is 7.86. The lowest BCUT2D eigenvalue weighted by Crippen LogP contribution is -2.04. The van der Waals surface area contributed by atoms with Crippen LogP contribution in [0.4, 0.5) is 4.39 Å². The normalized spacial score (nSPS) is 20.0. The summed E-state index contributed by atoms with van der Waals surface area (Å²) in [5.41, 5.74) is 8.97. The minimum Gasteiger partial charge on any atom is -0.399 e. The van der Waals surface area contributed by atoms with Gasteiger partial charge in [0, 0.05) is 36.2 Å². The third-order valence-electron chi connectivity index (χ3n) is 5.02. The second kappa shape index (κ2) is 13.2. The number of hydrogen-bond donors (Lipinski definition) is 1. The summed E-state index contributed by atoms with van der Waals surface area (Å²) in [6.07, 6.45) is 19.2. The minimum absolute atomic E-state index is 0.221. The number of aromatic nitrogens is 1. The molecular formula is C26H32FN2OPS. The van der Waals surface area contributed by atoms with E-state index in [1.165, 1.54) is 20.7 Å². The molecule has 3 rings (SSSR count). The molecule has 0 saturated carbocycles. The van der Waals surface area contributed by atoms with Crippen LogP contribution in [0.2, 0.25) is 0 Å². The largest absolute Gasteiger partial charge is 0.399 e. The molecule has 2 N–H and O–H groups in total. The molecule has 170 valence electrons. The van der Waals surface area contributed by atoms with E-state index in [0.29, 0.717) is 12.7 Å². The molecule has 0 bridgehead atoms. The summed E-state index contributed by atoms with van der Waals surface area (Å²) in [5, 5.41) is 1.43. The summed E-state index contributed by atoms with van der Waals surface area (Å²) >= 11 is 1.88. The summed E-state index contributed by atoms with van der Waals surface area (Å²) < 4.78 is 13.0. The van der Waals surface area contributed by atoms with E-state index in [0.717, 1.165) is 32.3 Å². The van der Waals surface area contributed by atoms with E-state index in [2.05, 4.69) is 24.1 Å². The van der Waals surface area contributed by atoms with Crippen molar-refractivity contribution in [1.82, 2.24) is 4.98 Å². The van der Waals surface area contributed by atoms with Gasteiger partial charge in [0.05, 0.1) is 0 Å². The van der Waals surface area contributed by atoms with E-state index in [1.54, 1.807) is 6.92 Å². The lowest BCUT2D eigenvalue weighted by Gasteiger charge is -2.15. The molecule has 1 aliphatic carbocycles. The van der Waals surface area contributed by atoms with Gasteiger partial charge in [-0.2, -0.15) is 0 Å². The van der Waals surface area contributed by atoms with Crippen LogP contribution in [0.1, 0.15) is 45.8 Å². The van der Waals surface area contributed by atoms with Crippen molar-refractivity contribution in [3.63, 3.8) is 0 Å². The molecule has 0 aromatic carbocycles. The predicted octanol–water partition coefficient (Wildman–Crippen LogP) is 7.32. The highest BCUT2D eigenvalue weighted by molar-refractivity contribution is 8.06. The summed E-state index contributed by atoms with van der Waals surface area (Å²) in [7, 11) is 0.764. The highest BCUT2D eigenvalue weighted by Gasteiger charge is 2.16. The summed E-state index contributed by atoms with van der Waals surface area (Å²) in [5.74, 6) is 1.95. The van der Waals surface area contributed by atoms with Gasteiger partial charge >= 0.3 is 0 Å². The lowest BCUT2D eigenvalue weighted by atomic mass is 9.92. The molecule has 0 saturated heterocycles. The van der Waals surface area contributed by atoms with Gasteiger partial charge in [-0.05, 0) is 71.5 Å². The van der Waals surface area contributed by atoms with Crippen LogP contribution in [0, 0.1) is 5.92 Å². The summed E-state index contributed by atoms with van der Waals surface area (Å²) in [4.78, 5) is 17.3. The third-order valence-corrected chi connectivity index (χ3v) is 7.12. The Morgan fingerprint density at radius 3 is 2.78 bits per heavy atom. The van der Waals surface area contributed by atoms with Crippen molar-refractivity contribution in [3.8, 4) is 0 Å². The predicted molar refractivity (Wildman–Crippen MR) is 138 cm³/mol. The Bertz CT molecular complexity index is 1010. The molecular weight excluding hydrogens is 438 g/mol. The molecule has 0 radical (unpaired) electrons. The first-order valence-electron chi connectivity index (χ1n) is 10.7. The monoisotopic (exact) mass is 470 g/mol. The second-order valence-electron chi connectivity index (χ2n) is 7.80. The number of aldehydes is 1. The van der Waals surface area contributed by atoms with E-state index < -0.39 is 0 Å². The fourth-order valence-corrected chi connectivity index (χ4v) is 5.35. The molecule has 3 nitrogen and oxygen atoms in total. The highest BCUT2D eigenvalue weighted by atomic mass is 32.2. The minimum atomic E-state index is -0.271. The van der Waals surface area contributed by atoms with Crippen LogP contribution in [0.3, 0.4) is 0 Å². The molecule has 32 heavy (non-hydrogen) atoms. The van der Waals surface area contributed by atoms with Crippen LogP contribution >= 0.6 is 20.0 Å². The van der Waals surface area contributed by atoms with Crippen LogP contribution in [-0.4, -0.2) is 11.3 Å². The van der Waals surface area contributed by atoms with E-state index >= 15 is 0 Å². The highest BCUT2D eigenvalue weighted by Crippen LogP contribution is 2.37. The van der Waals surface area contributed by atoms with Gasteiger partial charge in [0.1, 0.15) is 5.83 Å². The van der Waals surface area contributed by atoms with E-state index in [-0.39, 0.29) is 17.3 Å². The molecule has 0 amide bonds. The molecule has 2 atom stereocenters. The van der Waals surface area contributed by atoms with Crippen molar-refractivity contribution in [1.29, 1.82) is 0 Å². The van der Waals surface area contributed by atoms with Crippen LogP contribution in [0.25, 0.3) is 0 Å². The number of halogens is 1. The first-order valence-corrected chi connectivity index (χ1v) is 12.6. The topological polar surface area (TPSA) is 56.0 Å². The van der Waals surface area contributed by atoms with Crippen LogP contribution in [0.5, 0.6) is 0 Å². The number of carbonyl (C=O) groups excluding carboxylic acids is 1. The Balaban J connectivity index is 0.000000278. The first-order chi connectivity index (χ1) is 15.3. The second-order valence-corrected chi connectivity index (χ2v) is 10.3. The zero-order valence-corrected chi connectivity index (χ0v) is 21.0. The molecule has 2 aliphatic rings. The number of carbonyl (C=O) groups is 1. The lowest BCUT2D eigenvalue weighted by molar-refractivity contribution is -0.104. The molecule has 0 spiro atoms. The van der Waals surface area contributed by atoms with Crippen LogP contribution in [0.15, 0.2) is 92.7 Å². The maximum atomic E-state index is 13.0. The van der Waals surface area contributed by atoms with Crippen molar-refractivity contribution < 1.29 is 9.18 Å². The zero-order valence-electron chi connectivity index (χ0n) is 19.2. The molecule has 1 aliphatic heterocycles. The molecule has 6 heteroatoms. The van der Waals surface area contributed by atoms with Gasteiger partial charge in [0.15, 0.2) is 6.29 Å². The van der Waals surface area contributed by atoms with Crippen molar-refractivity contribution in [2.24, 2.45) is 11.7 Å². The van der Waals surface area contributed by atoms with Crippen molar-refractivity contribution in [3.05, 3.63) is 98.0 Å². The van der Waals surface area contributed by atoms with E-state index in [4.69, 9.17) is 5.73 Å². The Hall–Kier alpha value is -2.36. The van der Waals surface area contributed by atoms with Crippen molar-refractivity contribution in [2.45, 2.75) is 47.0 Å².